The van der Waals surface area contributed by atoms with Crippen molar-refractivity contribution in [2.24, 2.45) is 0 Å². The molecule has 0 atom stereocenters. The van der Waals surface area contributed by atoms with Crippen LogP contribution in [0.25, 0.3) is 22.8 Å². The van der Waals surface area contributed by atoms with Gasteiger partial charge >= 0.3 is 0 Å². The zero-order valence-corrected chi connectivity index (χ0v) is 12.7. The van der Waals surface area contributed by atoms with Crippen LogP contribution in [-0.2, 0) is 0 Å². The Morgan fingerprint density at radius 1 is 1.19 bits per heavy atom. The van der Waals surface area contributed by atoms with Gasteiger partial charge in [-0.1, -0.05) is 33.2 Å². The summed E-state index contributed by atoms with van der Waals surface area (Å²) in [5.41, 5.74) is 1.39. The first-order chi connectivity index (χ1) is 10.2. The van der Waals surface area contributed by atoms with Crippen LogP contribution >= 0.6 is 15.9 Å². The minimum Gasteiger partial charge on any atom is -0.508 e. The molecule has 3 rings (SSSR count). The van der Waals surface area contributed by atoms with Gasteiger partial charge in [0, 0.05) is 10.0 Å². The Bertz CT molecular complexity index is 786. The average molecular weight is 347 g/mol. The van der Waals surface area contributed by atoms with E-state index in [4.69, 9.17) is 9.26 Å². The molecule has 0 aliphatic carbocycles. The first kappa shape index (κ1) is 13.6. The maximum Gasteiger partial charge on any atom is 0.262 e. The molecule has 0 aliphatic rings. The molecular formula is C15H11BrN2O3. The Morgan fingerprint density at radius 3 is 2.81 bits per heavy atom. The molecule has 0 spiro atoms. The zero-order valence-electron chi connectivity index (χ0n) is 11.1. The molecule has 0 bridgehead atoms. The predicted molar refractivity (Wildman–Crippen MR) is 81.1 cm³/mol. The Hall–Kier alpha value is -2.34. The number of phenolic OH excluding ortho intramolecular Hbond substituents is 1. The smallest absolute Gasteiger partial charge is 0.262 e. The van der Waals surface area contributed by atoms with Gasteiger partial charge in [0.1, 0.15) is 11.5 Å². The van der Waals surface area contributed by atoms with E-state index in [1.165, 1.54) is 0 Å². The van der Waals surface area contributed by atoms with Crippen LogP contribution in [0, 0.1) is 0 Å². The summed E-state index contributed by atoms with van der Waals surface area (Å²) >= 11 is 3.39. The SMILES string of the molecule is COc1cc(Br)ccc1-c1nc(-c2cccc(O)c2)no1. The Labute approximate surface area is 129 Å². The number of hydrogen-bond acceptors (Lipinski definition) is 5. The summed E-state index contributed by atoms with van der Waals surface area (Å²) in [6, 6.07) is 12.2. The largest absolute Gasteiger partial charge is 0.508 e. The van der Waals surface area contributed by atoms with E-state index in [1.54, 1.807) is 31.4 Å². The van der Waals surface area contributed by atoms with Crippen molar-refractivity contribution in [1.82, 2.24) is 10.1 Å². The fraction of sp³-hybridized carbons (Fsp3) is 0.0667. The van der Waals surface area contributed by atoms with Crippen molar-refractivity contribution in [2.45, 2.75) is 0 Å². The third kappa shape index (κ3) is 2.75. The second-order valence-corrected chi connectivity index (χ2v) is 5.23. The molecule has 3 aromatic rings. The molecule has 21 heavy (non-hydrogen) atoms. The second-order valence-electron chi connectivity index (χ2n) is 4.32. The fourth-order valence-electron chi connectivity index (χ4n) is 1.94. The number of halogens is 1. The number of aromatic hydroxyl groups is 1. The number of nitrogens with zero attached hydrogens (tertiary/aromatic N) is 2. The maximum atomic E-state index is 9.50. The molecule has 0 amide bonds. The molecule has 106 valence electrons. The number of benzene rings is 2. The summed E-state index contributed by atoms with van der Waals surface area (Å²) in [6.45, 7) is 0. The van der Waals surface area contributed by atoms with E-state index in [0.29, 0.717) is 28.6 Å². The number of phenols is 1. The van der Waals surface area contributed by atoms with Gasteiger partial charge in [0.25, 0.3) is 5.89 Å². The summed E-state index contributed by atoms with van der Waals surface area (Å²) in [7, 11) is 1.58. The van der Waals surface area contributed by atoms with Crippen LogP contribution in [-0.4, -0.2) is 22.4 Å². The highest BCUT2D eigenvalue weighted by Gasteiger charge is 2.15. The van der Waals surface area contributed by atoms with Crippen LogP contribution in [0.1, 0.15) is 0 Å². The number of methoxy groups -OCH3 is 1. The van der Waals surface area contributed by atoms with Gasteiger partial charge in [0.2, 0.25) is 5.82 Å². The molecule has 0 saturated heterocycles. The van der Waals surface area contributed by atoms with Crippen LogP contribution in [0.15, 0.2) is 51.5 Å². The van der Waals surface area contributed by atoms with Gasteiger partial charge in [-0.3, -0.25) is 0 Å². The fourth-order valence-corrected chi connectivity index (χ4v) is 2.28. The average Bonchev–Trinajstić information content (AvgIpc) is 2.96. The summed E-state index contributed by atoms with van der Waals surface area (Å²) in [6.07, 6.45) is 0. The summed E-state index contributed by atoms with van der Waals surface area (Å²) in [5, 5.41) is 13.4. The first-order valence-electron chi connectivity index (χ1n) is 6.14. The van der Waals surface area contributed by atoms with Crippen molar-refractivity contribution in [1.29, 1.82) is 0 Å². The quantitative estimate of drug-likeness (QED) is 0.779. The van der Waals surface area contributed by atoms with Crippen molar-refractivity contribution in [2.75, 3.05) is 7.11 Å². The Morgan fingerprint density at radius 2 is 2.05 bits per heavy atom. The van der Waals surface area contributed by atoms with Crippen LogP contribution in [0.2, 0.25) is 0 Å². The summed E-state index contributed by atoms with van der Waals surface area (Å²) in [5.74, 6) is 1.55. The summed E-state index contributed by atoms with van der Waals surface area (Å²) < 4.78 is 11.5. The van der Waals surface area contributed by atoms with E-state index in [1.807, 2.05) is 18.2 Å². The highest BCUT2D eigenvalue weighted by Crippen LogP contribution is 2.32. The van der Waals surface area contributed by atoms with E-state index in [0.717, 1.165) is 4.47 Å². The van der Waals surface area contributed by atoms with Crippen LogP contribution in [0.4, 0.5) is 0 Å². The standard InChI is InChI=1S/C15H11BrN2O3/c1-20-13-8-10(16)5-6-12(13)15-17-14(18-21-15)9-3-2-4-11(19)7-9/h2-8,19H,1H3. The summed E-state index contributed by atoms with van der Waals surface area (Å²) in [4.78, 5) is 4.35. The maximum absolute atomic E-state index is 9.50. The van der Waals surface area contributed by atoms with E-state index in [-0.39, 0.29) is 5.75 Å². The lowest BCUT2D eigenvalue weighted by Gasteiger charge is -2.04. The van der Waals surface area contributed by atoms with Gasteiger partial charge in [0.05, 0.1) is 12.7 Å². The molecule has 0 unspecified atom stereocenters. The van der Waals surface area contributed by atoms with Gasteiger partial charge < -0.3 is 14.4 Å². The molecule has 0 radical (unpaired) electrons. The third-order valence-electron chi connectivity index (χ3n) is 2.92. The first-order valence-corrected chi connectivity index (χ1v) is 6.93. The van der Waals surface area contributed by atoms with E-state index in [2.05, 4.69) is 26.1 Å². The predicted octanol–water partition coefficient (Wildman–Crippen LogP) is 3.88. The highest BCUT2D eigenvalue weighted by molar-refractivity contribution is 9.10. The lowest BCUT2D eigenvalue weighted by Crippen LogP contribution is -1.88. The number of ether oxygens (including phenoxy) is 1. The molecule has 1 N–H and O–H groups in total. The molecule has 5 nitrogen and oxygen atoms in total. The van der Waals surface area contributed by atoms with Crippen molar-refractivity contribution in [3.63, 3.8) is 0 Å². The molecule has 2 aromatic carbocycles. The van der Waals surface area contributed by atoms with Crippen molar-refractivity contribution < 1.29 is 14.4 Å². The molecule has 6 heteroatoms. The van der Waals surface area contributed by atoms with E-state index in [9.17, 15) is 5.11 Å². The van der Waals surface area contributed by atoms with Crippen LogP contribution in [0.5, 0.6) is 11.5 Å². The minimum absolute atomic E-state index is 0.153. The van der Waals surface area contributed by atoms with Crippen molar-refractivity contribution in [3.8, 4) is 34.3 Å². The third-order valence-corrected chi connectivity index (χ3v) is 3.42. The van der Waals surface area contributed by atoms with Gasteiger partial charge in [-0.2, -0.15) is 4.98 Å². The molecule has 0 saturated carbocycles. The zero-order chi connectivity index (χ0) is 14.8. The number of hydrogen-bond donors (Lipinski definition) is 1. The van der Waals surface area contributed by atoms with Gasteiger partial charge in [-0.05, 0) is 30.3 Å². The normalized spacial score (nSPS) is 10.6. The lowest BCUT2D eigenvalue weighted by molar-refractivity contribution is 0.405. The lowest BCUT2D eigenvalue weighted by atomic mass is 10.2. The number of rotatable bonds is 3. The molecule has 0 aliphatic heterocycles. The second kappa shape index (κ2) is 5.57. The topological polar surface area (TPSA) is 68.4 Å². The van der Waals surface area contributed by atoms with E-state index >= 15 is 0 Å². The van der Waals surface area contributed by atoms with E-state index < -0.39 is 0 Å². The van der Waals surface area contributed by atoms with Crippen molar-refractivity contribution in [3.05, 3.63) is 46.9 Å². The molecule has 0 fully saturated rings. The Kier molecular flexibility index (Phi) is 3.62. The van der Waals surface area contributed by atoms with Gasteiger partial charge in [0.15, 0.2) is 0 Å². The van der Waals surface area contributed by atoms with Gasteiger partial charge in [-0.15, -0.1) is 0 Å². The van der Waals surface area contributed by atoms with Crippen molar-refractivity contribution >= 4 is 15.9 Å². The monoisotopic (exact) mass is 346 g/mol. The molecular weight excluding hydrogens is 336 g/mol. The molecule has 1 aromatic heterocycles. The van der Waals surface area contributed by atoms with Crippen LogP contribution < -0.4 is 4.74 Å². The van der Waals surface area contributed by atoms with Gasteiger partial charge in [-0.25, -0.2) is 0 Å². The minimum atomic E-state index is 0.153. The Balaban J connectivity index is 2.02. The van der Waals surface area contributed by atoms with Crippen LogP contribution in [0.3, 0.4) is 0 Å². The highest BCUT2D eigenvalue weighted by atomic mass is 79.9. The molecule has 1 heterocycles. The number of aromatic nitrogens is 2.